The fourth-order valence-corrected chi connectivity index (χ4v) is 0.284. The quantitative estimate of drug-likeness (QED) is 0.395. The largest absolute Gasteiger partial charge is 0.266 e. The second kappa shape index (κ2) is 4.07. The SMILES string of the molecule is C=C/C(C)=C\N=C(C)C. The monoisotopic (exact) mass is 123 g/mol. The minimum Gasteiger partial charge on any atom is -0.266 e. The van der Waals surface area contributed by atoms with Crippen LogP contribution in [0.4, 0.5) is 0 Å². The van der Waals surface area contributed by atoms with E-state index in [1.807, 2.05) is 27.0 Å². The van der Waals surface area contributed by atoms with Gasteiger partial charge in [0.2, 0.25) is 0 Å². The lowest BCUT2D eigenvalue weighted by Crippen LogP contribution is -1.76. The van der Waals surface area contributed by atoms with Gasteiger partial charge in [-0.1, -0.05) is 12.7 Å². The highest BCUT2D eigenvalue weighted by molar-refractivity contribution is 5.79. The molecule has 0 radical (unpaired) electrons. The van der Waals surface area contributed by atoms with Crippen LogP contribution in [0, 0.1) is 0 Å². The van der Waals surface area contributed by atoms with Crippen LogP contribution in [-0.2, 0) is 0 Å². The maximum Gasteiger partial charge on any atom is 0.0295 e. The average molecular weight is 123 g/mol. The number of aliphatic imine (C=N–C) groups is 1. The summed E-state index contributed by atoms with van der Waals surface area (Å²) in [4.78, 5) is 4.08. The maximum atomic E-state index is 4.08. The summed E-state index contributed by atoms with van der Waals surface area (Å²) in [7, 11) is 0. The molecule has 1 nitrogen and oxygen atoms in total. The van der Waals surface area contributed by atoms with Gasteiger partial charge in [0.25, 0.3) is 0 Å². The van der Waals surface area contributed by atoms with Crippen LogP contribution in [0.3, 0.4) is 0 Å². The molecule has 0 aliphatic heterocycles. The highest BCUT2D eigenvalue weighted by Gasteiger charge is 1.75. The molecule has 0 unspecified atom stereocenters. The van der Waals surface area contributed by atoms with Crippen LogP contribution in [0.2, 0.25) is 0 Å². The number of nitrogens with zero attached hydrogens (tertiary/aromatic N) is 1. The molecule has 0 amide bonds. The van der Waals surface area contributed by atoms with Crippen molar-refractivity contribution in [2.75, 3.05) is 0 Å². The molecule has 0 rings (SSSR count). The van der Waals surface area contributed by atoms with Crippen molar-refractivity contribution in [2.45, 2.75) is 20.8 Å². The second-order valence-corrected chi connectivity index (χ2v) is 2.15. The van der Waals surface area contributed by atoms with Crippen molar-refractivity contribution < 1.29 is 0 Å². The summed E-state index contributed by atoms with van der Waals surface area (Å²) in [6.07, 6.45) is 3.59. The third kappa shape index (κ3) is 5.01. The van der Waals surface area contributed by atoms with E-state index >= 15 is 0 Å². The van der Waals surface area contributed by atoms with E-state index in [-0.39, 0.29) is 0 Å². The first-order valence-electron chi connectivity index (χ1n) is 2.97. The summed E-state index contributed by atoms with van der Waals surface area (Å²) in [6, 6.07) is 0. The van der Waals surface area contributed by atoms with E-state index in [1.165, 1.54) is 0 Å². The summed E-state index contributed by atoms with van der Waals surface area (Å²) >= 11 is 0. The average Bonchev–Trinajstić information content (AvgIpc) is 1.83. The Labute approximate surface area is 56.8 Å². The van der Waals surface area contributed by atoms with E-state index in [4.69, 9.17) is 0 Å². The molecule has 0 saturated carbocycles. The molecule has 1 heteroatoms. The third-order valence-corrected chi connectivity index (χ3v) is 0.848. The third-order valence-electron chi connectivity index (χ3n) is 0.848. The summed E-state index contributed by atoms with van der Waals surface area (Å²) in [5.74, 6) is 0. The highest BCUT2D eigenvalue weighted by atomic mass is 14.7. The van der Waals surface area contributed by atoms with Crippen LogP contribution in [-0.4, -0.2) is 5.71 Å². The Bertz CT molecular complexity index is 148. The molecule has 0 aromatic carbocycles. The molecule has 0 aliphatic carbocycles. The number of hydrogen-bond donors (Lipinski definition) is 0. The molecule has 0 heterocycles. The molecule has 0 spiro atoms. The van der Waals surface area contributed by atoms with Gasteiger partial charge in [0, 0.05) is 11.9 Å². The number of hydrogen-bond acceptors (Lipinski definition) is 1. The Balaban J connectivity index is 3.98. The van der Waals surface area contributed by atoms with Crippen molar-refractivity contribution >= 4 is 5.71 Å². The van der Waals surface area contributed by atoms with Crippen LogP contribution in [0.5, 0.6) is 0 Å². The van der Waals surface area contributed by atoms with Crippen molar-refractivity contribution in [3.05, 3.63) is 24.4 Å². The summed E-state index contributed by atoms with van der Waals surface area (Å²) in [5, 5.41) is 0. The topological polar surface area (TPSA) is 12.4 Å². The molecule has 0 aliphatic rings. The Morgan fingerprint density at radius 3 is 2.22 bits per heavy atom. The van der Waals surface area contributed by atoms with E-state index < -0.39 is 0 Å². The van der Waals surface area contributed by atoms with Gasteiger partial charge in [0.1, 0.15) is 0 Å². The smallest absolute Gasteiger partial charge is 0.0295 e. The van der Waals surface area contributed by atoms with Crippen molar-refractivity contribution in [1.82, 2.24) is 0 Å². The van der Waals surface area contributed by atoms with Gasteiger partial charge in [-0.25, -0.2) is 0 Å². The summed E-state index contributed by atoms with van der Waals surface area (Å²) in [6.45, 7) is 9.50. The van der Waals surface area contributed by atoms with E-state index in [9.17, 15) is 0 Å². The highest BCUT2D eigenvalue weighted by Crippen LogP contribution is 1.92. The van der Waals surface area contributed by atoms with E-state index in [1.54, 1.807) is 6.08 Å². The Kier molecular flexibility index (Phi) is 3.69. The fourth-order valence-electron chi connectivity index (χ4n) is 0.284. The van der Waals surface area contributed by atoms with E-state index in [0.717, 1.165) is 11.3 Å². The van der Waals surface area contributed by atoms with E-state index in [2.05, 4.69) is 11.6 Å². The van der Waals surface area contributed by atoms with Gasteiger partial charge in [-0.05, 0) is 26.3 Å². The lowest BCUT2D eigenvalue weighted by atomic mass is 10.3. The first-order chi connectivity index (χ1) is 4.16. The molecule has 0 atom stereocenters. The maximum absolute atomic E-state index is 4.08. The molecular weight excluding hydrogens is 110 g/mol. The van der Waals surface area contributed by atoms with Gasteiger partial charge in [-0.2, -0.15) is 0 Å². The molecule has 0 saturated heterocycles. The molecule has 0 aromatic heterocycles. The molecular formula is C8H13N. The number of rotatable bonds is 2. The van der Waals surface area contributed by atoms with Gasteiger partial charge in [-0.3, -0.25) is 4.99 Å². The Morgan fingerprint density at radius 2 is 1.89 bits per heavy atom. The number of allylic oxidation sites excluding steroid dienone is 2. The van der Waals surface area contributed by atoms with Crippen molar-refractivity contribution in [3.8, 4) is 0 Å². The summed E-state index contributed by atoms with van der Waals surface area (Å²) in [5.41, 5.74) is 2.16. The Morgan fingerprint density at radius 1 is 1.33 bits per heavy atom. The first-order valence-corrected chi connectivity index (χ1v) is 2.97. The van der Waals surface area contributed by atoms with Gasteiger partial charge in [0.15, 0.2) is 0 Å². The zero-order chi connectivity index (χ0) is 7.28. The standard InChI is InChI=1S/C8H13N/c1-5-8(4)6-9-7(2)3/h5-6H,1H2,2-4H3/b8-6-. The fraction of sp³-hybridized carbons (Fsp3) is 0.375. The zero-order valence-electron chi connectivity index (χ0n) is 6.31. The molecule has 0 aromatic rings. The second-order valence-electron chi connectivity index (χ2n) is 2.15. The minimum absolute atomic E-state index is 1.07. The zero-order valence-corrected chi connectivity index (χ0v) is 6.31. The van der Waals surface area contributed by atoms with Gasteiger partial charge >= 0.3 is 0 Å². The van der Waals surface area contributed by atoms with Crippen LogP contribution in [0.15, 0.2) is 29.4 Å². The lowest BCUT2D eigenvalue weighted by Gasteiger charge is -1.85. The normalized spacial score (nSPS) is 10.8. The van der Waals surface area contributed by atoms with Crippen molar-refractivity contribution in [2.24, 2.45) is 4.99 Å². The van der Waals surface area contributed by atoms with Crippen molar-refractivity contribution in [1.29, 1.82) is 0 Å². The van der Waals surface area contributed by atoms with Crippen LogP contribution in [0.25, 0.3) is 0 Å². The van der Waals surface area contributed by atoms with E-state index in [0.29, 0.717) is 0 Å². The first kappa shape index (κ1) is 8.15. The molecule has 9 heavy (non-hydrogen) atoms. The van der Waals surface area contributed by atoms with Crippen molar-refractivity contribution in [3.63, 3.8) is 0 Å². The van der Waals surface area contributed by atoms with Gasteiger partial charge in [-0.15, -0.1) is 0 Å². The van der Waals surface area contributed by atoms with Crippen LogP contribution >= 0.6 is 0 Å². The van der Waals surface area contributed by atoms with Gasteiger partial charge < -0.3 is 0 Å². The minimum atomic E-state index is 1.07. The van der Waals surface area contributed by atoms with Crippen LogP contribution in [0.1, 0.15) is 20.8 Å². The molecule has 50 valence electrons. The van der Waals surface area contributed by atoms with Crippen LogP contribution < -0.4 is 0 Å². The van der Waals surface area contributed by atoms with Gasteiger partial charge in [0.05, 0.1) is 0 Å². The summed E-state index contributed by atoms with van der Waals surface area (Å²) < 4.78 is 0. The predicted octanol–water partition coefficient (Wildman–Crippen LogP) is 2.56. The predicted molar refractivity (Wildman–Crippen MR) is 42.7 cm³/mol. The molecule has 0 fully saturated rings. The Hall–Kier alpha value is -0.850. The lowest BCUT2D eigenvalue weighted by molar-refractivity contribution is 1.41. The molecule has 0 N–H and O–H groups in total. The molecule has 0 bridgehead atoms.